The minimum atomic E-state index is 0.589. The molecule has 1 N–H and O–H groups in total. The van der Waals surface area contributed by atoms with Crippen molar-refractivity contribution in [3.63, 3.8) is 0 Å². The normalized spacial score (nSPS) is 22.1. The smallest absolute Gasteiger partial charge is 0.254 e. The van der Waals surface area contributed by atoms with E-state index in [1.807, 2.05) is 6.92 Å². The fraction of sp³-hybridized carbons (Fsp3) is 0.600. The molecule has 0 bridgehead atoms. The molecule has 0 saturated carbocycles. The summed E-state index contributed by atoms with van der Waals surface area (Å²) < 4.78 is 5.13. The first kappa shape index (κ1) is 9.40. The van der Waals surface area contributed by atoms with Gasteiger partial charge in [-0.3, -0.25) is 0 Å². The molecule has 1 aromatic rings. The van der Waals surface area contributed by atoms with Crippen LogP contribution in [0.4, 0.5) is 0 Å². The van der Waals surface area contributed by atoms with Crippen molar-refractivity contribution >= 4 is 5.57 Å². The van der Waals surface area contributed by atoms with Crippen LogP contribution in [0.5, 0.6) is 0 Å². The van der Waals surface area contributed by atoms with Gasteiger partial charge in [0.05, 0.1) is 0 Å². The zero-order valence-corrected chi connectivity index (χ0v) is 8.58. The summed E-state index contributed by atoms with van der Waals surface area (Å²) in [5, 5.41) is 7.14. The van der Waals surface area contributed by atoms with Crippen LogP contribution in [-0.4, -0.2) is 23.2 Å². The Morgan fingerprint density at radius 1 is 1.64 bits per heavy atom. The Balaban J connectivity index is 2.21. The van der Waals surface area contributed by atoms with Crippen LogP contribution in [0.25, 0.3) is 5.57 Å². The highest BCUT2D eigenvalue weighted by Crippen LogP contribution is 2.19. The molecule has 4 nitrogen and oxygen atoms in total. The Bertz CT molecular complexity index is 343. The maximum atomic E-state index is 5.13. The first-order valence-corrected chi connectivity index (χ1v) is 5.01. The first-order chi connectivity index (χ1) is 6.79. The number of rotatable bonds is 2. The molecule has 4 heteroatoms. The molecule has 1 aromatic heterocycles. The first-order valence-electron chi connectivity index (χ1n) is 5.01. The lowest BCUT2D eigenvalue weighted by atomic mass is 9.99. The van der Waals surface area contributed by atoms with E-state index >= 15 is 0 Å². The molecule has 2 rings (SSSR count). The van der Waals surface area contributed by atoms with Crippen LogP contribution in [0.15, 0.2) is 10.6 Å². The molecule has 2 heterocycles. The molecular weight excluding hydrogens is 178 g/mol. The van der Waals surface area contributed by atoms with E-state index in [-0.39, 0.29) is 0 Å². The number of nitrogens with zero attached hydrogens (tertiary/aromatic N) is 2. The number of hydrogen-bond donors (Lipinski definition) is 1. The van der Waals surface area contributed by atoms with Crippen LogP contribution < -0.4 is 5.32 Å². The van der Waals surface area contributed by atoms with Crippen LogP contribution in [0.3, 0.4) is 0 Å². The molecule has 0 spiro atoms. The Morgan fingerprint density at radius 2 is 2.50 bits per heavy atom. The summed E-state index contributed by atoms with van der Waals surface area (Å²) in [6.07, 6.45) is 3.38. The maximum Gasteiger partial charge on any atom is 0.254 e. The molecule has 1 aliphatic heterocycles. The van der Waals surface area contributed by atoms with E-state index < -0.39 is 0 Å². The summed E-state index contributed by atoms with van der Waals surface area (Å²) in [4.78, 5) is 4.22. The monoisotopic (exact) mass is 193 g/mol. The van der Waals surface area contributed by atoms with Crippen molar-refractivity contribution < 1.29 is 4.52 Å². The number of hydrogen-bond acceptors (Lipinski definition) is 4. The van der Waals surface area contributed by atoms with Crippen molar-refractivity contribution in [1.82, 2.24) is 15.5 Å². The van der Waals surface area contributed by atoms with E-state index in [1.165, 1.54) is 0 Å². The minimum absolute atomic E-state index is 0.589. The third kappa shape index (κ3) is 1.85. The van der Waals surface area contributed by atoms with Gasteiger partial charge >= 0.3 is 0 Å². The van der Waals surface area contributed by atoms with E-state index in [2.05, 4.69) is 28.5 Å². The van der Waals surface area contributed by atoms with Gasteiger partial charge < -0.3 is 9.84 Å². The van der Waals surface area contributed by atoms with Gasteiger partial charge in [0, 0.05) is 18.7 Å². The molecule has 14 heavy (non-hydrogen) atoms. The average Bonchev–Trinajstić information content (AvgIpc) is 2.65. The summed E-state index contributed by atoms with van der Waals surface area (Å²) in [7, 11) is 0. The Hall–Kier alpha value is -1.16. The SMILES string of the molecule is CCC1C=C(c2nc(C)no2)CNC1. The van der Waals surface area contributed by atoms with Gasteiger partial charge in [0.25, 0.3) is 5.89 Å². The highest BCUT2D eigenvalue weighted by molar-refractivity contribution is 5.61. The Morgan fingerprint density at radius 3 is 3.14 bits per heavy atom. The molecule has 0 aromatic carbocycles. The van der Waals surface area contributed by atoms with Gasteiger partial charge in [-0.25, -0.2) is 0 Å². The largest absolute Gasteiger partial charge is 0.334 e. The summed E-state index contributed by atoms with van der Waals surface area (Å²) in [6, 6.07) is 0. The van der Waals surface area contributed by atoms with Gasteiger partial charge in [0.15, 0.2) is 5.82 Å². The van der Waals surface area contributed by atoms with Crippen molar-refractivity contribution in [3.8, 4) is 0 Å². The van der Waals surface area contributed by atoms with Gasteiger partial charge in [-0.15, -0.1) is 0 Å². The van der Waals surface area contributed by atoms with Crippen LogP contribution >= 0.6 is 0 Å². The molecule has 1 atom stereocenters. The Labute approximate surface area is 83.4 Å². The second-order valence-corrected chi connectivity index (χ2v) is 3.64. The molecule has 1 aliphatic rings. The van der Waals surface area contributed by atoms with Crippen LogP contribution in [-0.2, 0) is 0 Å². The predicted molar refractivity (Wildman–Crippen MR) is 53.7 cm³/mol. The third-order valence-electron chi connectivity index (χ3n) is 2.49. The van der Waals surface area contributed by atoms with Crippen molar-refractivity contribution in [2.45, 2.75) is 20.3 Å². The van der Waals surface area contributed by atoms with E-state index in [1.54, 1.807) is 0 Å². The van der Waals surface area contributed by atoms with Crippen molar-refractivity contribution in [2.75, 3.05) is 13.1 Å². The molecular formula is C10H15N3O. The van der Waals surface area contributed by atoms with Crippen LogP contribution in [0, 0.1) is 12.8 Å². The van der Waals surface area contributed by atoms with Crippen LogP contribution in [0.1, 0.15) is 25.1 Å². The van der Waals surface area contributed by atoms with Gasteiger partial charge in [-0.05, 0) is 19.3 Å². The lowest BCUT2D eigenvalue weighted by molar-refractivity contribution is 0.399. The number of aryl methyl sites for hydroxylation is 1. The quantitative estimate of drug-likeness (QED) is 0.771. The van der Waals surface area contributed by atoms with Crippen molar-refractivity contribution in [2.24, 2.45) is 5.92 Å². The summed E-state index contributed by atoms with van der Waals surface area (Å²) in [6.45, 7) is 5.90. The highest BCUT2D eigenvalue weighted by atomic mass is 16.5. The lowest BCUT2D eigenvalue weighted by Gasteiger charge is -2.18. The summed E-state index contributed by atoms with van der Waals surface area (Å²) in [5.74, 6) is 1.94. The van der Waals surface area contributed by atoms with Gasteiger partial charge in [-0.2, -0.15) is 4.98 Å². The zero-order chi connectivity index (χ0) is 9.97. The summed E-state index contributed by atoms with van der Waals surface area (Å²) >= 11 is 0. The highest BCUT2D eigenvalue weighted by Gasteiger charge is 2.16. The average molecular weight is 193 g/mol. The Kier molecular flexibility index (Phi) is 2.63. The van der Waals surface area contributed by atoms with Crippen molar-refractivity contribution in [1.29, 1.82) is 0 Å². The standard InChI is InChI=1S/C10H15N3O/c1-3-8-4-9(6-11-5-8)10-12-7(2)13-14-10/h4,8,11H,3,5-6H2,1-2H3. The van der Waals surface area contributed by atoms with Gasteiger partial charge in [-0.1, -0.05) is 18.2 Å². The fourth-order valence-electron chi connectivity index (χ4n) is 1.63. The minimum Gasteiger partial charge on any atom is -0.334 e. The molecule has 76 valence electrons. The number of nitrogens with one attached hydrogen (secondary N) is 1. The third-order valence-corrected chi connectivity index (χ3v) is 2.49. The number of aromatic nitrogens is 2. The van der Waals surface area contributed by atoms with E-state index in [9.17, 15) is 0 Å². The van der Waals surface area contributed by atoms with E-state index in [0.29, 0.717) is 17.6 Å². The molecule has 0 fully saturated rings. The second kappa shape index (κ2) is 3.92. The van der Waals surface area contributed by atoms with E-state index in [0.717, 1.165) is 25.1 Å². The second-order valence-electron chi connectivity index (χ2n) is 3.64. The summed E-state index contributed by atoms with van der Waals surface area (Å²) in [5.41, 5.74) is 1.13. The predicted octanol–water partition coefficient (Wildman–Crippen LogP) is 1.39. The zero-order valence-electron chi connectivity index (χ0n) is 8.58. The van der Waals surface area contributed by atoms with Gasteiger partial charge in [0.2, 0.25) is 0 Å². The molecule has 0 aliphatic carbocycles. The molecule has 0 saturated heterocycles. The molecule has 0 amide bonds. The van der Waals surface area contributed by atoms with Crippen molar-refractivity contribution in [3.05, 3.63) is 17.8 Å². The maximum absolute atomic E-state index is 5.13. The fourth-order valence-corrected chi connectivity index (χ4v) is 1.63. The topological polar surface area (TPSA) is 51.0 Å². The van der Waals surface area contributed by atoms with E-state index in [4.69, 9.17) is 4.52 Å². The molecule has 1 unspecified atom stereocenters. The van der Waals surface area contributed by atoms with Gasteiger partial charge in [0.1, 0.15) is 0 Å². The lowest BCUT2D eigenvalue weighted by Crippen LogP contribution is -2.28. The van der Waals surface area contributed by atoms with Crippen LogP contribution in [0.2, 0.25) is 0 Å². The molecule has 0 radical (unpaired) electrons.